The van der Waals surface area contributed by atoms with Crippen LogP contribution in [0.25, 0.3) is 0 Å². The van der Waals surface area contributed by atoms with Crippen molar-refractivity contribution in [1.82, 2.24) is 9.55 Å². The van der Waals surface area contributed by atoms with E-state index in [0.717, 1.165) is 4.57 Å². The number of rotatable bonds is 2. The summed E-state index contributed by atoms with van der Waals surface area (Å²) in [4.78, 5) is 24.4. The predicted octanol–water partition coefficient (Wildman–Crippen LogP) is -0.384. The van der Waals surface area contributed by atoms with E-state index in [4.69, 9.17) is 5.26 Å². The molecule has 1 aromatic heterocycles. The fourth-order valence-electron chi connectivity index (χ4n) is 0.836. The van der Waals surface area contributed by atoms with E-state index in [-0.39, 0.29) is 12.1 Å². The minimum atomic E-state index is -0.477. The maximum absolute atomic E-state index is 11.1. The first kappa shape index (κ1) is 9.00. The second kappa shape index (κ2) is 4.07. The van der Waals surface area contributed by atoms with Crippen molar-refractivity contribution in [3.63, 3.8) is 0 Å². The topological polar surface area (TPSA) is 78.7 Å². The van der Waals surface area contributed by atoms with Crippen LogP contribution < -0.4 is 11.2 Å². The highest BCUT2D eigenvalue weighted by Crippen LogP contribution is 1.75. The molecule has 0 aliphatic heterocycles. The molecule has 0 saturated carbocycles. The van der Waals surface area contributed by atoms with Crippen LogP contribution in [0.15, 0.2) is 34.0 Å². The van der Waals surface area contributed by atoms with E-state index in [1.165, 1.54) is 24.4 Å². The van der Waals surface area contributed by atoms with Gasteiger partial charge < -0.3 is 4.98 Å². The molecule has 0 amide bonds. The number of hydrogen-bond donors (Lipinski definition) is 1. The molecule has 0 atom stereocenters. The first-order valence-corrected chi connectivity index (χ1v) is 3.59. The summed E-state index contributed by atoms with van der Waals surface area (Å²) in [7, 11) is 0. The average molecular weight is 177 g/mol. The lowest BCUT2D eigenvalue weighted by Gasteiger charge is -1.96. The molecular weight excluding hydrogens is 170 g/mol. The zero-order valence-corrected chi connectivity index (χ0v) is 6.73. The Kier molecular flexibility index (Phi) is 2.82. The van der Waals surface area contributed by atoms with Crippen LogP contribution in [0, 0.1) is 11.3 Å². The van der Waals surface area contributed by atoms with Gasteiger partial charge in [0.05, 0.1) is 6.07 Å². The van der Waals surface area contributed by atoms with Crippen molar-refractivity contribution in [3.8, 4) is 6.07 Å². The fraction of sp³-hybridized carbons (Fsp3) is 0.125. The quantitative estimate of drug-likeness (QED) is 0.625. The Morgan fingerprint density at radius 2 is 2.38 bits per heavy atom. The second-order valence-electron chi connectivity index (χ2n) is 2.26. The summed E-state index contributed by atoms with van der Waals surface area (Å²) >= 11 is 0. The maximum Gasteiger partial charge on any atom is 0.328 e. The molecule has 1 N–H and O–H groups in total. The number of nitriles is 1. The summed E-state index contributed by atoms with van der Waals surface area (Å²) in [5.41, 5.74) is -0.860. The Balaban J connectivity index is 3.03. The SMILES string of the molecule is N#CC=CCn1c(=O)cc[nH]c1=O. The van der Waals surface area contributed by atoms with Crippen molar-refractivity contribution < 1.29 is 0 Å². The van der Waals surface area contributed by atoms with Gasteiger partial charge in [0.2, 0.25) is 0 Å². The molecule has 13 heavy (non-hydrogen) atoms. The van der Waals surface area contributed by atoms with Crippen molar-refractivity contribution in [2.75, 3.05) is 0 Å². The number of hydrogen-bond acceptors (Lipinski definition) is 3. The van der Waals surface area contributed by atoms with Crippen LogP contribution in [0.4, 0.5) is 0 Å². The van der Waals surface area contributed by atoms with Gasteiger partial charge in [-0.15, -0.1) is 0 Å². The molecule has 1 rings (SSSR count). The van der Waals surface area contributed by atoms with Gasteiger partial charge in [-0.3, -0.25) is 9.36 Å². The van der Waals surface area contributed by atoms with Gasteiger partial charge in [-0.2, -0.15) is 5.26 Å². The van der Waals surface area contributed by atoms with E-state index >= 15 is 0 Å². The van der Waals surface area contributed by atoms with Crippen molar-refractivity contribution in [2.24, 2.45) is 0 Å². The molecule has 0 aliphatic carbocycles. The molecule has 0 bridgehead atoms. The van der Waals surface area contributed by atoms with Gasteiger partial charge in [-0.25, -0.2) is 4.79 Å². The number of allylic oxidation sites excluding steroid dienone is 2. The van der Waals surface area contributed by atoms with Crippen molar-refractivity contribution in [1.29, 1.82) is 5.26 Å². The summed E-state index contributed by atoms with van der Waals surface area (Å²) in [5.74, 6) is 0. The van der Waals surface area contributed by atoms with E-state index in [1.807, 2.05) is 0 Å². The molecule has 1 aromatic rings. The maximum atomic E-state index is 11.1. The van der Waals surface area contributed by atoms with Gasteiger partial charge >= 0.3 is 5.69 Å². The zero-order valence-electron chi connectivity index (χ0n) is 6.73. The largest absolute Gasteiger partial charge is 0.328 e. The molecule has 0 fully saturated rings. The van der Waals surface area contributed by atoms with Crippen LogP contribution in [-0.2, 0) is 6.54 Å². The highest BCUT2D eigenvalue weighted by molar-refractivity contribution is 5.01. The zero-order chi connectivity index (χ0) is 9.68. The van der Waals surface area contributed by atoms with E-state index in [0.29, 0.717) is 0 Å². The number of aromatic amines is 1. The van der Waals surface area contributed by atoms with Crippen LogP contribution in [0.1, 0.15) is 0 Å². The number of H-pyrrole nitrogens is 1. The van der Waals surface area contributed by atoms with Gasteiger partial charge in [0.15, 0.2) is 0 Å². The molecule has 0 radical (unpaired) electrons. The minimum absolute atomic E-state index is 0.114. The summed E-state index contributed by atoms with van der Waals surface area (Å²) < 4.78 is 0.994. The lowest BCUT2D eigenvalue weighted by Crippen LogP contribution is -2.33. The highest BCUT2D eigenvalue weighted by atomic mass is 16.2. The van der Waals surface area contributed by atoms with Crippen molar-refractivity contribution >= 4 is 0 Å². The van der Waals surface area contributed by atoms with Crippen LogP contribution in [-0.4, -0.2) is 9.55 Å². The normalized spacial score (nSPS) is 10.1. The summed E-state index contributed by atoms with van der Waals surface area (Å²) in [6.45, 7) is 0.114. The standard InChI is InChI=1S/C8H7N3O2/c9-4-1-2-6-11-7(12)3-5-10-8(11)13/h1-3,5H,6H2,(H,10,13). The summed E-state index contributed by atoms with van der Waals surface area (Å²) in [6.07, 6.45) is 3.95. The van der Waals surface area contributed by atoms with Crippen LogP contribution in [0.3, 0.4) is 0 Å². The molecule has 66 valence electrons. The minimum Gasteiger partial charge on any atom is -0.314 e. The van der Waals surface area contributed by atoms with Gasteiger partial charge in [0.25, 0.3) is 5.56 Å². The Labute approximate surface area is 73.6 Å². The fourth-order valence-corrected chi connectivity index (χ4v) is 0.836. The lowest BCUT2D eigenvalue weighted by atomic mass is 10.5. The van der Waals surface area contributed by atoms with Gasteiger partial charge in [0, 0.05) is 24.9 Å². The molecule has 0 saturated heterocycles. The third-order valence-electron chi connectivity index (χ3n) is 1.42. The smallest absolute Gasteiger partial charge is 0.314 e. The summed E-state index contributed by atoms with van der Waals surface area (Å²) in [5, 5.41) is 8.17. The molecule has 0 aliphatic rings. The number of nitrogens with zero attached hydrogens (tertiary/aromatic N) is 2. The molecule has 5 nitrogen and oxygen atoms in total. The second-order valence-corrected chi connectivity index (χ2v) is 2.26. The molecular formula is C8H7N3O2. The Morgan fingerprint density at radius 3 is 3.00 bits per heavy atom. The van der Waals surface area contributed by atoms with E-state index in [9.17, 15) is 9.59 Å². The number of nitrogens with one attached hydrogen (secondary N) is 1. The molecule has 5 heteroatoms. The number of aromatic nitrogens is 2. The summed E-state index contributed by atoms with van der Waals surface area (Å²) in [6, 6.07) is 3.02. The molecule has 0 spiro atoms. The predicted molar refractivity (Wildman–Crippen MR) is 46.1 cm³/mol. The van der Waals surface area contributed by atoms with E-state index < -0.39 is 5.69 Å². The van der Waals surface area contributed by atoms with Crippen LogP contribution >= 0.6 is 0 Å². The molecule has 1 heterocycles. The third-order valence-corrected chi connectivity index (χ3v) is 1.42. The monoisotopic (exact) mass is 177 g/mol. The van der Waals surface area contributed by atoms with Crippen LogP contribution in [0.5, 0.6) is 0 Å². The Morgan fingerprint density at radius 1 is 1.62 bits per heavy atom. The lowest BCUT2D eigenvalue weighted by molar-refractivity contribution is 0.713. The Bertz CT molecular complexity index is 433. The molecule has 0 aromatic carbocycles. The van der Waals surface area contributed by atoms with Crippen molar-refractivity contribution in [2.45, 2.75) is 6.54 Å². The van der Waals surface area contributed by atoms with E-state index in [1.54, 1.807) is 6.07 Å². The van der Waals surface area contributed by atoms with Gasteiger partial charge in [0.1, 0.15) is 0 Å². The molecule has 0 unspecified atom stereocenters. The van der Waals surface area contributed by atoms with Gasteiger partial charge in [-0.1, -0.05) is 6.08 Å². The third kappa shape index (κ3) is 2.17. The average Bonchev–Trinajstić information content (AvgIpc) is 2.10. The van der Waals surface area contributed by atoms with Crippen LogP contribution in [0.2, 0.25) is 0 Å². The van der Waals surface area contributed by atoms with E-state index in [2.05, 4.69) is 4.98 Å². The first-order chi connectivity index (χ1) is 6.25. The Hall–Kier alpha value is -2.09. The van der Waals surface area contributed by atoms with Crippen molar-refractivity contribution in [3.05, 3.63) is 45.3 Å². The highest BCUT2D eigenvalue weighted by Gasteiger charge is 1.95. The first-order valence-electron chi connectivity index (χ1n) is 3.59. The van der Waals surface area contributed by atoms with Gasteiger partial charge in [-0.05, 0) is 0 Å².